The number of nitrogens with zero attached hydrogens (tertiary/aromatic N) is 1. The number of benzene rings is 1. The summed E-state index contributed by atoms with van der Waals surface area (Å²) in [5.74, 6) is -0.560. The van der Waals surface area contributed by atoms with Crippen LogP contribution in [-0.4, -0.2) is 29.3 Å². The van der Waals surface area contributed by atoms with Crippen LogP contribution >= 0.6 is 0 Å². The number of amides is 2. The van der Waals surface area contributed by atoms with E-state index in [1.54, 1.807) is 0 Å². The summed E-state index contributed by atoms with van der Waals surface area (Å²) in [4.78, 5) is 32.9. The highest BCUT2D eigenvalue weighted by Gasteiger charge is 2.09. The third-order valence-corrected chi connectivity index (χ3v) is 2.41. The monoisotopic (exact) mass is 279 g/mol. The van der Waals surface area contributed by atoms with E-state index in [-0.39, 0.29) is 36.5 Å². The van der Waals surface area contributed by atoms with Gasteiger partial charge in [0.15, 0.2) is 0 Å². The molecule has 0 radical (unpaired) electrons. The Balaban J connectivity index is 2.42. The second-order valence-corrected chi connectivity index (χ2v) is 4.60. The molecule has 0 atom stereocenters. The standard InChI is InChI=1S/C13H17N3O4/c1-9(2)15-13(18)8-14-12(17)7-10-3-5-11(6-4-10)16(19)20/h3-6,9H,7-8H2,1-2H3,(H,14,17)(H,15,18). The van der Waals surface area contributed by atoms with Gasteiger partial charge in [-0.25, -0.2) is 0 Å². The van der Waals surface area contributed by atoms with E-state index in [2.05, 4.69) is 10.6 Å². The quantitative estimate of drug-likeness (QED) is 0.593. The largest absolute Gasteiger partial charge is 0.352 e. The molecule has 108 valence electrons. The molecule has 20 heavy (non-hydrogen) atoms. The normalized spacial score (nSPS) is 10.2. The minimum absolute atomic E-state index is 0.0223. The molecule has 0 bridgehead atoms. The van der Waals surface area contributed by atoms with E-state index in [1.807, 2.05) is 13.8 Å². The van der Waals surface area contributed by atoms with Crippen LogP contribution in [0.4, 0.5) is 5.69 Å². The first kappa shape index (κ1) is 15.6. The van der Waals surface area contributed by atoms with E-state index in [0.29, 0.717) is 5.56 Å². The van der Waals surface area contributed by atoms with E-state index in [0.717, 1.165) is 0 Å². The van der Waals surface area contributed by atoms with E-state index >= 15 is 0 Å². The fraction of sp³-hybridized carbons (Fsp3) is 0.385. The molecule has 1 rings (SSSR count). The molecule has 0 saturated carbocycles. The number of carbonyl (C=O) groups is 2. The molecule has 2 N–H and O–H groups in total. The Hall–Kier alpha value is -2.44. The first-order chi connectivity index (χ1) is 9.38. The highest BCUT2D eigenvalue weighted by atomic mass is 16.6. The molecule has 0 saturated heterocycles. The highest BCUT2D eigenvalue weighted by Crippen LogP contribution is 2.12. The molecule has 0 aromatic heterocycles. The van der Waals surface area contributed by atoms with Crippen molar-refractivity contribution in [2.45, 2.75) is 26.3 Å². The number of hydrogen-bond acceptors (Lipinski definition) is 4. The molecule has 7 nitrogen and oxygen atoms in total. The molecule has 0 unspecified atom stereocenters. The second-order valence-electron chi connectivity index (χ2n) is 4.60. The molecule has 0 heterocycles. The first-order valence-corrected chi connectivity index (χ1v) is 6.18. The van der Waals surface area contributed by atoms with Gasteiger partial charge in [-0.05, 0) is 19.4 Å². The van der Waals surface area contributed by atoms with Gasteiger partial charge in [-0.15, -0.1) is 0 Å². The van der Waals surface area contributed by atoms with Gasteiger partial charge >= 0.3 is 0 Å². The lowest BCUT2D eigenvalue weighted by atomic mass is 10.1. The van der Waals surface area contributed by atoms with Crippen LogP contribution in [0.25, 0.3) is 0 Å². The predicted molar refractivity (Wildman–Crippen MR) is 73.1 cm³/mol. The summed E-state index contributed by atoms with van der Waals surface area (Å²) in [7, 11) is 0. The molecule has 0 fully saturated rings. The zero-order valence-electron chi connectivity index (χ0n) is 11.4. The van der Waals surface area contributed by atoms with Gasteiger partial charge in [0.2, 0.25) is 11.8 Å². The maximum atomic E-state index is 11.6. The van der Waals surface area contributed by atoms with Crippen LogP contribution in [0.3, 0.4) is 0 Å². The Morgan fingerprint density at radius 3 is 2.30 bits per heavy atom. The van der Waals surface area contributed by atoms with E-state index < -0.39 is 4.92 Å². The molecular formula is C13H17N3O4. The third kappa shape index (κ3) is 5.47. The molecule has 2 amide bonds. The number of non-ortho nitro benzene ring substituents is 1. The van der Waals surface area contributed by atoms with Crippen molar-refractivity contribution in [1.29, 1.82) is 0 Å². The zero-order chi connectivity index (χ0) is 15.1. The number of hydrogen-bond donors (Lipinski definition) is 2. The molecule has 1 aromatic rings. The minimum atomic E-state index is -0.500. The fourth-order valence-corrected chi connectivity index (χ4v) is 1.54. The first-order valence-electron chi connectivity index (χ1n) is 6.18. The Bertz CT molecular complexity index is 497. The maximum absolute atomic E-state index is 11.6. The van der Waals surface area contributed by atoms with Crippen LogP contribution < -0.4 is 10.6 Å². The smallest absolute Gasteiger partial charge is 0.269 e. The van der Waals surface area contributed by atoms with E-state index in [1.165, 1.54) is 24.3 Å². The Morgan fingerprint density at radius 1 is 1.20 bits per heavy atom. The van der Waals surface area contributed by atoms with Crippen molar-refractivity contribution in [1.82, 2.24) is 10.6 Å². The van der Waals surface area contributed by atoms with Crippen molar-refractivity contribution in [3.05, 3.63) is 39.9 Å². The minimum Gasteiger partial charge on any atom is -0.352 e. The average Bonchev–Trinajstić information content (AvgIpc) is 2.36. The molecule has 7 heteroatoms. The van der Waals surface area contributed by atoms with Crippen molar-refractivity contribution in [3.8, 4) is 0 Å². The van der Waals surface area contributed by atoms with Crippen LogP contribution in [0.5, 0.6) is 0 Å². The summed E-state index contributed by atoms with van der Waals surface area (Å²) in [5.41, 5.74) is 0.628. The summed E-state index contributed by atoms with van der Waals surface area (Å²) in [5, 5.41) is 15.6. The maximum Gasteiger partial charge on any atom is 0.269 e. The van der Waals surface area contributed by atoms with Gasteiger partial charge in [0.25, 0.3) is 5.69 Å². The number of nitro groups is 1. The van der Waals surface area contributed by atoms with Crippen LogP contribution in [0.15, 0.2) is 24.3 Å². The summed E-state index contributed by atoms with van der Waals surface area (Å²) >= 11 is 0. The van der Waals surface area contributed by atoms with Crippen LogP contribution in [0, 0.1) is 10.1 Å². The van der Waals surface area contributed by atoms with Crippen molar-refractivity contribution in [2.24, 2.45) is 0 Å². The third-order valence-electron chi connectivity index (χ3n) is 2.41. The van der Waals surface area contributed by atoms with Gasteiger partial charge in [0, 0.05) is 18.2 Å². The molecule has 0 aliphatic rings. The number of nitrogens with one attached hydrogen (secondary N) is 2. The molecule has 0 aliphatic heterocycles. The summed E-state index contributed by atoms with van der Waals surface area (Å²) in [6.45, 7) is 3.58. The van der Waals surface area contributed by atoms with E-state index in [9.17, 15) is 19.7 Å². The van der Waals surface area contributed by atoms with Crippen molar-refractivity contribution in [2.75, 3.05) is 6.54 Å². The van der Waals surface area contributed by atoms with Crippen LogP contribution in [0.1, 0.15) is 19.4 Å². The number of nitro benzene ring substituents is 1. The van der Waals surface area contributed by atoms with Gasteiger partial charge in [-0.3, -0.25) is 19.7 Å². The van der Waals surface area contributed by atoms with Crippen molar-refractivity contribution < 1.29 is 14.5 Å². The van der Waals surface area contributed by atoms with Crippen molar-refractivity contribution in [3.63, 3.8) is 0 Å². The van der Waals surface area contributed by atoms with Crippen LogP contribution in [0.2, 0.25) is 0 Å². The summed E-state index contributed by atoms with van der Waals surface area (Å²) in [6, 6.07) is 5.74. The summed E-state index contributed by atoms with van der Waals surface area (Å²) in [6.07, 6.45) is 0.0763. The average molecular weight is 279 g/mol. The summed E-state index contributed by atoms with van der Waals surface area (Å²) < 4.78 is 0. The SMILES string of the molecule is CC(C)NC(=O)CNC(=O)Cc1ccc([N+](=O)[O-])cc1. The Kier molecular flexibility index (Phi) is 5.64. The topological polar surface area (TPSA) is 101 Å². The highest BCUT2D eigenvalue weighted by molar-refractivity contribution is 5.85. The lowest BCUT2D eigenvalue weighted by Gasteiger charge is -2.09. The Labute approximate surface area is 116 Å². The van der Waals surface area contributed by atoms with Gasteiger partial charge in [-0.2, -0.15) is 0 Å². The molecule has 0 aliphatic carbocycles. The lowest BCUT2D eigenvalue weighted by molar-refractivity contribution is -0.384. The predicted octanol–water partition coefficient (Wildman–Crippen LogP) is 0.778. The number of rotatable bonds is 6. The van der Waals surface area contributed by atoms with E-state index in [4.69, 9.17) is 0 Å². The lowest BCUT2D eigenvalue weighted by Crippen LogP contribution is -2.40. The van der Waals surface area contributed by atoms with Crippen molar-refractivity contribution >= 4 is 17.5 Å². The van der Waals surface area contributed by atoms with Crippen LogP contribution in [-0.2, 0) is 16.0 Å². The second kappa shape index (κ2) is 7.22. The fourth-order valence-electron chi connectivity index (χ4n) is 1.54. The molecule has 1 aromatic carbocycles. The zero-order valence-corrected chi connectivity index (χ0v) is 11.4. The molecule has 0 spiro atoms. The van der Waals surface area contributed by atoms with Gasteiger partial charge in [0.1, 0.15) is 0 Å². The Morgan fingerprint density at radius 2 is 1.80 bits per heavy atom. The number of carbonyl (C=O) groups excluding carboxylic acids is 2. The van der Waals surface area contributed by atoms with Gasteiger partial charge < -0.3 is 10.6 Å². The van der Waals surface area contributed by atoms with Gasteiger partial charge in [0.05, 0.1) is 17.9 Å². The van der Waals surface area contributed by atoms with Gasteiger partial charge in [-0.1, -0.05) is 12.1 Å². The molecular weight excluding hydrogens is 262 g/mol.